The number of rotatable bonds is 4. The van der Waals surface area contributed by atoms with Crippen LogP contribution in [0.2, 0.25) is 0 Å². The molecular formula is C27H28FN3O2. The van der Waals surface area contributed by atoms with Gasteiger partial charge in [-0.05, 0) is 79.1 Å². The van der Waals surface area contributed by atoms with Crippen LogP contribution in [0.15, 0.2) is 54.7 Å². The Hall–Kier alpha value is -3.12. The molecule has 1 atom stereocenters. The topological polar surface area (TPSA) is 39.5 Å². The Labute approximate surface area is 192 Å². The summed E-state index contributed by atoms with van der Waals surface area (Å²) in [5.74, 6) is 1.99. The zero-order chi connectivity index (χ0) is 22.4. The summed E-state index contributed by atoms with van der Waals surface area (Å²) in [6, 6.07) is 15.2. The van der Waals surface area contributed by atoms with Crippen LogP contribution in [0, 0.1) is 11.7 Å². The third kappa shape index (κ3) is 3.82. The summed E-state index contributed by atoms with van der Waals surface area (Å²) in [5.41, 5.74) is 3.01. The van der Waals surface area contributed by atoms with Gasteiger partial charge >= 0.3 is 0 Å². The number of benzene rings is 2. The summed E-state index contributed by atoms with van der Waals surface area (Å²) in [6.07, 6.45) is 5.07. The lowest BCUT2D eigenvalue weighted by atomic mass is 9.96. The molecule has 170 valence electrons. The Morgan fingerprint density at radius 1 is 1.06 bits per heavy atom. The molecule has 5 nitrogen and oxygen atoms in total. The summed E-state index contributed by atoms with van der Waals surface area (Å²) < 4.78 is 28.5. The molecule has 2 aromatic carbocycles. The molecule has 2 aliphatic rings. The first-order valence-corrected chi connectivity index (χ1v) is 11.9. The predicted molar refractivity (Wildman–Crippen MR) is 127 cm³/mol. The number of piperidine rings is 1. The van der Waals surface area contributed by atoms with Crippen LogP contribution in [0.25, 0.3) is 21.8 Å². The van der Waals surface area contributed by atoms with Gasteiger partial charge in [0.1, 0.15) is 12.4 Å². The number of fused-ring (bicyclic) bond motifs is 4. The number of aryl methyl sites for hydroxylation is 1. The van der Waals surface area contributed by atoms with Crippen LogP contribution < -0.4 is 9.47 Å². The van der Waals surface area contributed by atoms with Crippen LogP contribution in [0.3, 0.4) is 0 Å². The fourth-order valence-corrected chi connectivity index (χ4v) is 5.16. The predicted octanol–water partition coefficient (Wildman–Crippen LogP) is 5.40. The molecule has 4 heterocycles. The van der Waals surface area contributed by atoms with E-state index in [9.17, 15) is 4.39 Å². The number of likely N-dealkylation sites (tertiary alicyclic amines) is 1. The molecule has 0 bridgehead atoms. The molecule has 0 radical (unpaired) electrons. The van der Waals surface area contributed by atoms with Gasteiger partial charge in [0, 0.05) is 36.9 Å². The highest BCUT2D eigenvalue weighted by Gasteiger charge is 2.31. The lowest BCUT2D eigenvalue weighted by molar-refractivity contribution is -0.0435. The molecule has 2 aromatic heterocycles. The van der Waals surface area contributed by atoms with Crippen LogP contribution in [-0.4, -0.2) is 40.4 Å². The lowest BCUT2D eigenvalue weighted by Gasteiger charge is -2.39. The maximum atomic E-state index is 13.7. The number of halogens is 1. The molecule has 33 heavy (non-hydrogen) atoms. The highest BCUT2D eigenvalue weighted by Crippen LogP contribution is 2.39. The van der Waals surface area contributed by atoms with Crippen LogP contribution in [0.5, 0.6) is 11.5 Å². The van der Waals surface area contributed by atoms with Gasteiger partial charge in [-0.15, -0.1) is 0 Å². The zero-order valence-corrected chi connectivity index (χ0v) is 18.8. The summed E-state index contributed by atoms with van der Waals surface area (Å²) in [4.78, 5) is 7.13. The summed E-state index contributed by atoms with van der Waals surface area (Å²) in [5, 5.41) is 2.10. The standard InChI is InChI=1S/C27H28FN3O2/c1-2-21-5-6-22-23(29-21)7-8-25-27(22)33-26(17-32-25)30-12-9-18(10-13-30)16-31-14-11-19-3-4-20(28)15-24(19)31/h3-8,11,14-15,18,26H,2,9-10,12-13,16-17H2,1H3. The fraction of sp³-hybridized carbons (Fsp3) is 0.370. The van der Waals surface area contributed by atoms with Gasteiger partial charge in [-0.3, -0.25) is 9.88 Å². The van der Waals surface area contributed by atoms with Gasteiger partial charge in [0.05, 0.1) is 11.0 Å². The van der Waals surface area contributed by atoms with Crippen molar-refractivity contribution in [2.45, 2.75) is 39.0 Å². The Morgan fingerprint density at radius 3 is 2.79 bits per heavy atom. The monoisotopic (exact) mass is 445 g/mol. The summed E-state index contributed by atoms with van der Waals surface area (Å²) in [7, 11) is 0. The SMILES string of the molecule is CCc1ccc2c3c(ccc2n1)OCC(N1CCC(Cn2ccc4ccc(F)cc42)CC1)O3. The minimum Gasteiger partial charge on any atom is -0.484 e. The molecule has 6 rings (SSSR count). The molecule has 1 saturated heterocycles. The van der Waals surface area contributed by atoms with Crippen molar-refractivity contribution < 1.29 is 13.9 Å². The average Bonchev–Trinajstić information content (AvgIpc) is 3.25. The van der Waals surface area contributed by atoms with Gasteiger partial charge in [-0.25, -0.2) is 4.39 Å². The van der Waals surface area contributed by atoms with Crippen molar-refractivity contribution in [2.24, 2.45) is 5.92 Å². The second kappa shape index (κ2) is 8.34. The van der Waals surface area contributed by atoms with E-state index < -0.39 is 0 Å². The Kier molecular flexibility index (Phi) is 5.18. The van der Waals surface area contributed by atoms with E-state index in [1.807, 2.05) is 18.2 Å². The third-order valence-corrected chi connectivity index (χ3v) is 7.09. The highest BCUT2D eigenvalue weighted by atomic mass is 19.1. The Morgan fingerprint density at radius 2 is 1.94 bits per heavy atom. The maximum Gasteiger partial charge on any atom is 0.187 e. The second-order valence-corrected chi connectivity index (χ2v) is 9.15. The van der Waals surface area contributed by atoms with Gasteiger partial charge in [0.15, 0.2) is 17.7 Å². The molecule has 0 aliphatic carbocycles. The van der Waals surface area contributed by atoms with Crippen LogP contribution >= 0.6 is 0 Å². The first-order valence-electron chi connectivity index (χ1n) is 11.9. The van der Waals surface area contributed by atoms with Crippen LogP contribution in [0.4, 0.5) is 4.39 Å². The maximum absolute atomic E-state index is 13.7. The molecule has 0 spiro atoms. The minimum absolute atomic E-state index is 0.0867. The zero-order valence-electron chi connectivity index (χ0n) is 18.8. The largest absolute Gasteiger partial charge is 0.484 e. The third-order valence-electron chi connectivity index (χ3n) is 7.09. The van der Waals surface area contributed by atoms with Crippen LogP contribution in [-0.2, 0) is 13.0 Å². The molecule has 0 saturated carbocycles. The van der Waals surface area contributed by atoms with Crippen molar-refractivity contribution in [2.75, 3.05) is 19.7 Å². The van der Waals surface area contributed by atoms with Crippen molar-refractivity contribution >= 4 is 21.8 Å². The van der Waals surface area contributed by atoms with Crippen molar-refractivity contribution in [1.82, 2.24) is 14.5 Å². The van der Waals surface area contributed by atoms with E-state index in [1.54, 1.807) is 6.07 Å². The van der Waals surface area contributed by atoms with Crippen molar-refractivity contribution in [3.63, 3.8) is 0 Å². The lowest BCUT2D eigenvalue weighted by Crippen LogP contribution is -2.49. The number of pyridine rings is 1. The second-order valence-electron chi connectivity index (χ2n) is 9.15. The minimum atomic E-state index is -0.180. The number of hydrogen-bond acceptors (Lipinski definition) is 4. The van der Waals surface area contributed by atoms with Gasteiger partial charge in [0.25, 0.3) is 0 Å². The number of hydrogen-bond donors (Lipinski definition) is 0. The number of aromatic nitrogens is 2. The van der Waals surface area contributed by atoms with Crippen molar-refractivity contribution in [3.05, 3.63) is 66.2 Å². The van der Waals surface area contributed by atoms with E-state index in [-0.39, 0.29) is 12.0 Å². The quantitative estimate of drug-likeness (QED) is 0.422. The molecule has 2 aliphatic heterocycles. The summed E-state index contributed by atoms with van der Waals surface area (Å²) in [6.45, 7) is 5.49. The smallest absolute Gasteiger partial charge is 0.187 e. The first kappa shape index (κ1) is 20.5. The van der Waals surface area contributed by atoms with Crippen LogP contribution in [0.1, 0.15) is 25.5 Å². The molecule has 1 unspecified atom stereocenters. The van der Waals surface area contributed by atoms with E-state index in [0.717, 1.165) is 77.9 Å². The van der Waals surface area contributed by atoms with Gasteiger partial charge in [-0.2, -0.15) is 0 Å². The molecular weight excluding hydrogens is 417 g/mol. The van der Waals surface area contributed by atoms with E-state index in [4.69, 9.17) is 14.5 Å². The van der Waals surface area contributed by atoms with Gasteiger partial charge < -0.3 is 14.0 Å². The normalized spacial score (nSPS) is 19.4. The number of nitrogens with zero attached hydrogens (tertiary/aromatic N) is 3. The van der Waals surface area contributed by atoms with Gasteiger partial charge in [-0.1, -0.05) is 6.92 Å². The van der Waals surface area contributed by atoms with E-state index in [2.05, 4.69) is 40.8 Å². The average molecular weight is 446 g/mol. The molecule has 0 N–H and O–H groups in total. The van der Waals surface area contributed by atoms with Crippen molar-refractivity contribution in [3.8, 4) is 11.5 Å². The van der Waals surface area contributed by atoms with E-state index in [0.29, 0.717) is 12.5 Å². The summed E-state index contributed by atoms with van der Waals surface area (Å²) >= 11 is 0. The molecule has 0 amide bonds. The van der Waals surface area contributed by atoms with Gasteiger partial charge in [0.2, 0.25) is 0 Å². The number of ether oxygens (including phenoxy) is 2. The van der Waals surface area contributed by atoms with Crippen molar-refractivity contribution in [1.29, 1.82) is 0 Å². The fourth-order valence-electron chi connectivity index (χ4n) is 5.16. The highest BCUT2D eigenvalue weighted by molar-refractivity contribution is 5.88. The van der Waals surface area contributed by atoms with E-state index in [1.165, 1.54) is 6.07 Å². The Bertz CT molecular complexity index is 1310. The molecule has 4 aromatic rings. The molecule has 1 fully saturated rings. The Balaban J connectivity index is 1.14. The molecule has 6 heteroatoms. The van der Waals surface area contributed by atoms with E-state index >= 15 is 0 Å². The first-order chi connectivity index (χ1) is 16.2.